The molecule has 85 valence electrons. The van der Waals surface area contributed by atoms with Crippen LogP contribution in [-0.4, -0.2) is 0 Å². The van der Waals surface area contributed by atoms with Crippen molar-refractivity contribution >= 4 is 0 Å². The molecule has 0 heteroatoms. The summed E-state index contributed by atoms with van der Waals surface area (Å²) < 4.78 is 0. The van der Waals surface area contributed by atoms with E-state index >= 15 is 0 Å². The zero-order valence-corrected chi connectivity index (χ0v) is 10.7. The Hall–Kier alpha value is 0. The lowest BCUT2D eigenvalue weighted by molar-refractivity contribution is 0.421. The van der Waals surface area contributed by atoms with Gasteiger partial charge in [-0.15, -0.1) is 0 Å². The molecule has 0 aliphatic carbocycles. The van der Waals surface area contributed by atoms with E-state index in [1.165, 1.54) is 44.9 Å². The normalized spacial score (nSPS) is 13.5. The van der Waals surface area contributed by atoms with Gasteiger partial charge in [-0.25, -0.2) is 0 Å². The third-order valence-corrected chi connectivity index (χ3v) is 3.30. The van der Waals surface area contributed by atoms with Crippen LogP contribution in [0.4, 0.5) is 0 Å². The average molecular weight is 197 g/mol. The Morgan fingerprint density at radius 1 is 0.786 bits per heavy atom. The van der Waals surface area contributed by atoms with Crippen molar-refractivity contribution in [2.24, 2.45) is 11.8 Å². The Labute approximate surface area is 91.5 Å². The van der Waals surface area contributed by atoms with Crippen LogP contribution in [0.2, 0.25) is 0 Å². The van der Waals surface area contributed by atoms with E-state index < -0.39 is 0 Å². The molecule has 1 radical (unpaired) electrons. The second kappa shape index (κ2) is 9.55. The van der Waals surface area contributed by atoms with Crippen LogP contribution in [0.3, 0.4) is 0 Å². The van der Waals surface area contributed by atoms with E-state index in [1.807, 2.05) is 0 Å². The molecule has 0 nitrogen and oxygen atoms in total. The van der Waals surface area contributed by atoms with Gasteiger partial charge in [0.05, 0.1) is 0 Å². The Bertz CT molecular complexity index is 103. The molecule has 14 heavy (non-hydrogen) atoms. The van der Waals surface area contributed by atoms with Crippen molar-refractivity contribution in [3.05, 3.63) is 6.42 Å². The maximum atomic E-state index is 2.62. The van der Waals surface area contributed by atoms with E-state index in [-0.39, 0.29) is 0 Å². The van der Waals surface area contributed by atoms with E-state index in [0.717, 1.165) is 11.8 Å². The Kier molecular flexibility index (Phi) is 9.55. The molecule has 0 aliphatic rings. The molecule has 0 saturated carbocycles. The molecule has 0 aromatic heterocycles. The largest absolute Gasteiger partial charge is 0.0654 e. The molecule has 0 aliphatic heterocycles. The molecule has 0 heterocycles. The number of rotatable bonds is 9. The highest BCUT2D eigenvalue weighted by molar-refractivity contribution is 4.81. The summed E-state index contributed by atoms with van der Waals surface area (Å²) >= 11 is 0. The van der Waals surface area contributed by atoms with Crippen LogP contribution >= 0.6 is 0 Å². The summed E-state index contributed by atoms with van der Waals surface area (Å²) in [4.78, 5) is 0. The van der Waals surface area contributed by atoms with Gasteiger partial charge in [-0.1, -0.05) is 72.6 Å². The molecule has 0 bridgehead atoms. The van der Waals surface area contributed by atoms with Gasteiger partial charge in [0.15, 0.2) is 0 Å². The third-order valence-electron chi connectivity index (χ3n) is 3.30. The predicted octanol–water partition coefficient (Wildman–Crippen LogP) is 5.23. The molecule has 0 N–H and O–H groups in total. The molecule has 1 atom stereocenters. The molecule has 0 fully saturated rings. The molecule has 0 amide bonds. The first-order chi connectivity index (χ1) is 6.78. The maximum Gasteiger partial charge on any atom is -0.0324 e. The summed E-state index contributed by atoms with van der Waals surface area (Å²) in [6.07, 6.45) is 12.2. The highest BCUT2D eigenvalue weighted by Crippen LogP contribution is 2.24. The van der Waals surface area contributed by atoms with E-state index in [0.29, 0.717) is 0 Å². The van der Waals surface area contributed by atoms with Crippen molar-refractivity contribution in [1.29, 1.82) is 0 Å². The van der Waals surface area contributed by atoms with Crippen molar-refractivity contribution in [2.75, 3.05) is 0 Å². The van der Waals surface area contributed by atoms with Crippen LogP contribution in [0.25, 0.3) is 0 Å². The summed E-state index contributed by atoms with van der Waals surface area (Å²) in [5.41, 5.74) is 0. The van der Waals surface area contributed by atoms with Gasteiger partial charge >= 0.3 is 0 Å². The average Bonchev–Trinajstić information content (AvgIpc) is 2.23. The third kappa shape index (κ3) is 6.45. The van der Waals surface area contributed by atoms with Gasteiger partial charge in [-0.2, -0.15) is 0 Å². The molecule has 1 unspecified atom stereocenters. The van der Waals surface area contributed by atoms with Crippen LogP contribution in [0.15, 0.2) is 0 Å². The first-order valence-electron chi connectivity index (χ1n) is 6.63. The summed E-state index contributed by atoms with van der Waals surface area (Å²) in [7, 11) is 0. The molecular weight excluding hydrogens is 168 g/mol. The Morgan fingerprint density at radius 2 is 1.36 bits per heavy atom. The zero-order valence-electron chi connectivity index (χ0n) is 10.7. The lowest BCUT2D eigenvalue weighted by Gasteiger charge is -2.20. The van der Waals surface area contributed by atoms with Crippen LogP contribution in [0, 0.1) is 18.3 Å². The van der Waals surface area contributed by atoms with Crippen molar-refractivity contribution in [3.8, 4) is 0 Å². The summed E-state index contributed by atoms with van der Waals surface area (Å²) in [5.74, 6) is 1.74. The maximum absolute atomic E-state index is 2.62. The van der Waals surface area contributed by atoms with E-state index in [1.54, 1.807) is 0 Å². The molecule has 0 aromatic carbocycles. The second-order valence-corrected chi connectivity index (χ2v) is 4.43. The van der Waals surface area contributed by atoms with E-state index in [4.69, 9.17) is 0 Å². The fourth-order valence-electron chi connectivity index (χ4n) is 2.04. The smallest absolute Gasteiger partial charge is 0.0324 e. The molecule has 0 rings (SSSR count). The quantitative estimate of drug-likeness (QED) is 0.444. The van der Waals surface area contributed by atoms with Gasteiger partial charge in [0, 0.05) is 0 Å². The van der Waals surface area contributed by atoms with Crippen LogP contribution in [0.1, 0.15) is 72.6 Å². The fraction of sp³-hybridized carbons (Fsp3) is 0.929. The number of unbranched alkanes of at least 4 members (excludes halogenated alkanes) is 2. The summed E-state index contributed by atoms with van der Waals surface area (Å²) in [6, 6.07) is 0. The number of hydrogen-bond acceptors (Lipinski definition) is 0. The first kappa shape index (κ1) is 14.0. The molecular formula is C14H29. The zero-order chi connectivity index (χ0) is 10.8. The van der Waals surface area contributed by atoms with Gasteiger partial charge in [-0.05, 0) is 18.3 Å². The molecule has 0 spiro atoms. The van der Waals surface area contributed by atoms with E-state index in [2.05, 4.69) is 34.1 Å². The minimum Gasteiger partial charge on any atom is -0.0654 e. The van der Waals surface area contributed by atoms with Crippen molar-refractivity contribution < 1.29 is 0 Å². The molecule has 0 saturated heterocycles. The minimum absolute atomic E-state index is 0.863. The second-order valence-electron chi connectivity index (χ2n) is 4.43. The summed E-state index contributed by atoms with van der Waals surface area (Å²) in [5, 5.41) is 0. The highest BCUT2D eigenvalue weighted by atomic mass is 14.2. The van der Waals surface area contributed by atoms with Crippen LogP contribution in [-0.2, 0) is 0 Å². The topological polar surface area (TPSA) is 0 Å². The van der Waals surface area contributed by atoms with Gasteiger partial charge in [0.2, 0.25) is 0 Å². The number of hydrogen-bond donors (Lipinski definition) is 0. The predicted molar refractivity (Wildman–Crippen MR) is 66.3 cm³/mol. The monoisotopic (exact) mass is 197 g/mol. The minimum atomic E-state index is 0.863. The van der Waals surface area contributed by atoms with Crippen LogP contribution in [0.5, 0.6) is 0 Å². The SMILES string of the molecule is CCCCCC([CH]C(CC)CC)CC. The van der Waals surface area contributed by atoms with Crippen molar-refractivity contribution in [3.63, 3.8) is 0 Å². The lowest BCUT2D eigenvalue weighted by Crippen LogP contribution is -2.08. The van der Waals surface area contributed by atoms with Crippen LogP contribution < -0.4 is 0 Å². The van der Waals surface area contributed by atoms with Crippen molar-refractivity contribution in [2.45, 2.75) is 72.6 Å². The van der Waals surface area contributed by atoms with Gasteiger partial charge < -0.3 is 0 Å². The Balaban J connectivity index is 3.65. The highest BCUT2D eigenvalue weighted by Gasteiger charge is 2.12. The van der Waals surface area contributed by atoms with Crippen molar-refractivity contribution in [1.82, 2.24) is 0 Å². The fourth-order valence-corrected chi connectivity index (χ4v) is 2.04. The lowest BCUT2D eigenvalue weighted by atomic mass is 9.86. The Morgan fingerprint density at radius 3 is 1.79 bits per heavy atom. The van der Waals surface area contributed by atoms with Gasteiger partial charge in [0.1, 0.15) is 0 Å². The summed E-state index contributed by atoms with van der Waals surface area (Å²) in [6.45, 7) is 9.23. The van der Waals surface area contributed by atoms with E-state index in [9.17, 15) is 0 Å². The van der Waals surface area contributed by atoms with Gasteiger partial charge in [0.25, 0.3) is 0 Å². The van der Waals surface area contributed by atoms with Gasteiger partial charge in [-0.3, -0.25) is 0 Å². The first-order valence-corrected chi connectivity index (χ1v) is 6.63. The molecule has 0 aromatic rings. The standard InChI is InChI=1S/C14H29/c1-5-9-10-11-14(8-4)12-13(6-2)7-3/h12-14H,5-11H2,1-4H3.